The molecule has 0 radical (unpaired) electrons. The Balaban J connectivity index is 1.86. The van der Waals surface area contributed by atoms with Gasteiger partial charge in [-0.2, -0.15) is 0 Å². The normalized spacial score (nSPS) is 17.1. The monoisotopic (exact) mass is 312 g/mol. The van der Waals surface area contributed by atoms with Gasteiger partial charge in [0.1, 0.15) is 5.76 Å². The Labute approximate surface area is 135 Å². The van der Waals surface area contributed by atoms with Gasteiger partial charge in [-0.1, -0.05) is 18.2 Å². The summed E-state index contributed by atoms with van der Waals surface area (Å²) >= 11 is 0. The van der Waals surface area contributed by atoms with Crippen LogP contribution in [0.15, 0.2) is 41.0 Å². The molecule has 0 aliphatic carbocycles. The highest BCUT2D eigenvalue weighted by atomic mass is 16.3. The van der Waals surface area contributed by atoms with Gasteiger partial charge in [-0.25, -0.2) is 0 Å². The minimum atomic E-state index is -0.328. The highest BCUT2D eigenvalue weighted by Gasteiger charge is 2.34. The summed E-state index contributed by atoms with van der Waals surface area (Å²) in [6.07, 6.45) is 1.63. The second kappa shape index (κ2) is 5.91. The first kappa shape index (κ1) is 15.3. The zero-order valence-electron chi connectivity index (χ0n) is 13.6. The van der Waals surface area contributed by atoms with Crippen molar-refractivity contribution in [1.82, 2.24) is 9.80 Å². The molecule has 2 amide bonds. The van der Waals surface area contributed by atoms with Crippen molar-refractivity contribution in [2.24, 2.45) is 0 Å². The lowest BCUT2D eigenvalue weighted by Gasteiger charge is -2.33. The third-order valence-corrected chi connectivity index (χ3v) is 4.42. The van der Waals surface area contributed by atoms with Crippen LogP contribution in [0.3, 0.4) is 0 Å². The Morgan fingerprint density at radius 1 is 1.35 bits per heavy atom. The number of fused-ring (bicyclic) bond motifs is 1. The molecule has 0 spiro atoms. The molecule has 2 aromatic rings. The Bertz CT molecular complexity index is 750. The largest absolute Gasteiger partial charge is 0.469 e. The number of hydrogen-bond donors (Lipinski definition) is 0. The second-order valence-electron chi connectivity index (χ2n) is 6.02. The number of amides is 2. The zero-order chi connectivity index (χ0) is 16.6. The van der Waals surface area contributed by atoms with Crippen molar-refractivity contribution in [3.63, 3.8) is 0 Å². The van der Waals surface area contributed by atoms with Crippen molar-refractivity contribution in [3.8, 4) is 0 Å². The molecular formula is C18H20N2O3. The number of likely N-dealkylation sites (N-methyl/N-ethyl adjacent to an activating group) is 2. The maximum atomic E-state index is 12.9. The van der Waals surface area contributed by atoms with Crippen LogP contribution in [-0.4, -0.2) is 42.3 Å². The Morgan fingerprint density at radius 2 is 2.09 bits per heavy atom. The summed E-state index contributed by atoms with van der Waals surface area (Å²) < 4.78 is 5.29. The van der Waals surface area contributed by atoms with E-state index < -0.39 is 0 Å². The van der Waals surface area contributed by atoms with Gasteiger partial charge in [-0.15, -0.1) is 0 Å². The summed E-state index contributed by atoms with van der Waals surface area (Å²) in [5.41, 5.74) is 2.43. The molecule has 3 rings (SSSR count). The summed E-state index contributed by atoms with van der Waals surface area (Å²) in [7, 11) is 3.52. The average molecular weight is 312 g/mol. The zero-order valence-corrected chi connectivity index (χ0v) is 13.6. The van der Waals surface area contributed by atoms with E-state index in [0.717, 1.165) is 16.9 Å². The van der Waals surface area contributed by atoms with Crippen LogP contribution < -0.4 is 0 Å². The number of nitrogens with zero attached hydrogens (tertiary/aromatic N) is 2. The fourth-order valence-corrected chi connectivity index (χ4v) is 3.04. The fourth-order valence-electron chi connectivity index (χ4n) is 3.04. The molecule has 0 bridgehead atoms. The van der Waals surface area contributed by atoms with Crippen LogP contribution >= 0.6 is 0 Å². The van der Waals surface area contributed by atoms with Gasteiger partial charge >= 0.3 is 0 Å². The third kappa shape index (κ3) is 2.74. The van der Waals surface area contributed by atoms with Crippen LogP contribution in [0.4, 0.5) is 0 Å². The average Bonchev–Trinajstić information content (AvgIpc) is 2.95. The SMILES string of the molecule is Cc1occc1CN(C)C(=O)C1CN(C)C(=O)c2ccccc21. The number of aryl methyl sites for hydroxylation is 1. The van der Waals surface area contributed by atoms with Crippen molar-refractivity contribution >= 4 is 11.8 Å². The lowest BCUT2D eigenvalue weighted by atomic mass is 9.88. The van der Waals surface area contributed by atoms with E-state index in [9.17, 15) is 9.59 Å². The van der Waals surface area contributed by atoms with E-state index in [2.05, 4.69) is 0 Å². The van der Waals surface area contributed by atoms with Gasteiger partial charge in [0, 0.05) is 38.3 Å². The Morgan fingerprint density at radius 3 is 2.78 bits per heavy atom. The van der Waals surface area contributed by atoms with Crippen molar-refractivity contribution < 1.29 is 14.0 Å². The van der Waals surface area contributed by atoms with Crippen LogP contribution in [0.1, 0.15) is 33.2 Å². The fraction of sp³-hybridized carbons (Fsp3) is 0.333. The highest BCUT2D eigenvalue weighted by molar-refractivity contribution is 6.00. The lowest BCUT2D eigenvalue weighted by molar-refractivity contribution is -0.132. The van der Waals surface area contributed by atoms with E-state index in [4.69, 9.17) is 4.42 Å². The topological polar surface area (TPSA) is 53.8 Å². The van der Waals surface area contributed by atoms with Crippen LogP contribution in [-0.2, 0) is 11.3 Å². The third-order valence-electron chi connectivity index (χ3n) is 4.42. The molecular weight excluding hydrogens is 292 g/mol. The molecule has 1 aliphatic rings. The molecule has 1 aromatic carbocycles. The van der Waals surface area contributed by atoms with Crippen LogP contribution in [0.5, 0.6) is 0 Å². The molecule has 1 atom stereocenters. The predicted molar refractivity (Wildman–Crippen MR) is 86.1 cm³/mol. The van der Waals surface area contributed by atoms with E-state index in [1.165, 1.54) is 0 Å². The number of rotatable bonds is 3. The van der Waals surface area contributed by atoms with Crippen molar-refractivity contribution in [3.05, 3.63) is 59.0 Å². The van der Waals surface area contributed by atoms with Gasteiger partial charge in [0.2, 0.25) is 5.91 Å². The molecule has 5 heteroatoms. The van der Waals surface area contributed by atoms with Gasteiger partial charge < -0.3 is 14.2 Å². The predicted octanol–water partition coefficient (Wildman–Crippen LogP) is 2.42. The first-order chi connectivity index (χ1) is 11.0. The Hall–Kier alpha value is -2.56. The van der Waals surface area contributed by atoms with Crippen molar-refractivity contribution in [2.45, 2.75) is 19.4 Å². The first-order valence-electron chi connectivity index (χ1n) is 7.61. The standard InChI is InChI=1S/C18H20N2O3/c1-12-13(8-9-23-12)10-19(2)18(22)16-11-20(3)17(21)15-7-5-4-6-14(15)16/h4-9,16H,10-11H2,1-3H3. The minimum Gasteiger partial charge on any atom is -0.469 e. The molecule has 1 aliphatic heterocycles. The summed E-state index contributed by atoms with van der Waals surface area (Å²) in [5, 5.41) is 0. The number of hydrogen-bond acceptors (Lipinski definition) is 3. The second-order valence-corrected chi connectivity index (χ2v) is 6.02. The highest BCUT2D eigenvalue weighted by Crippen LogP contribution is 2.29. The summed E-state index contributed by atoms with van der Waals surface area (Å²) in [6, 6.07) is 9.24. The number of carbonyl (C=O) groups excluding carboxylic acids is 2. The van der Waals surface area contributed by atoms with E-state index in [1.54, 1.807) is 36.2 Å². The number of benzene rings is 1. The van der Waals surface area contributed by atoms with Crippen LogP contribution in [0.25, 0.3) is 0 Å². The molecule has 0 saturated carbocycles. The van der Waals surface area contributed by atoms with E-state index >= 15 is 0 Å². The molecule has 0 fully saturated rings. The van der Waals surface area contributed by atoms with Crippen molar-refractivity contribution in [1.29, 1.82) is 0 Å². The van der Waals surface area contributed by atoms with Gasteiger partial charge in [0.05, 0.1) is 12.2 Å². The van der Waals surface area contributed by atoms with E-state index in [0.29, 0.717) is 18.7 Å². The van der Waals surface area contributed by atoms with Crippen LogP contribution in [0, 0.1) is 6.92 Å². The van der Waals surface area contributed by atoms with Crippen molar-refractivity contribution in [2.75, 3.05) is 20.6 Å². The minimum absolute atomic E-state index is 0.0115. The smallest absolute Gasteiger partial charge is 0.253 e. The maximum Gasteiger partial charge on any atom is 0.253 e. The van der Waals surface area contributed by atoms with Gasteiger partial charge in [0.25, 0.3) is 5.91 Å². The molecule has 120 valence electrons. The number of furan rings is 1. The van der Waals surface area contributed by atoms with Gasteiger partial charge in [-0.3, -0.25) is 9.59 Å². The summed E-state index contributed by atoms with van der Waals surface area (Å²) in [6.45, 7) is 2.79. The summed E-state index contributed by atoms with van der Waals surface area (Å²) in [5.74, 6) is 0.475. The first-order valence-corrected chi connectivity index (χ1v) is 7.61. The molecule has 2 heterocycles. The molecule has 1 unspecified atom stereocenters. The lowest BCUT2D eigenvalue weighted by Crippen LogP contribution is -2.43. The molecule has 1 aromatic heterocycles. The number of carbonyl (C=O) groups is 2. The van der Waals surface area contributed by atoms with E-state index in [-0.39, 0.29) is 17.7 Å². The molecule has 0 saturated heterocycles. The molecule has 5 nitrogen and oxygen atoms in total. The molecule has 23 heavy (non-hydrogen) atoms. The quantitative estimate of drug-likeness (QED) is 0.874. The van der Waals surface area contributed by atoms with Crippen LogP contribution in [0.2, 0.25) is 0 Å². The Kier molecular flexibility index (Phi) is 3.94. The van der Waals surface area contributed by atoms with Gasteiger partial charge in [0.15, 0.2) is 0 Å². The van der Waals surface area contributed by atoms with Gasteiger partial charge in [-0.05, 0) is 24.6 Å². The maximum absolute atomic E-state index is 12.9. The summed E-state index contributed by atoms with van der Waals surface area (Å²) in [4.78, 5) is 28.5. The van der Waals surface area contributed by atoms with E-state index in [1.807, 2.05) is 31.2 Å². The molecule has 0 N–H and O–H groups in total.